The van der Waals surface area contributed by atoms with Crippen molar-refractivity contribution in [3.63, 3.8) is 0 Å². The van der Waals surface area contributed by atoms with Gasteiger partial charge in [0.05, 0.1) is 34.0 Å². The SMILES string of the molecule is C.C1=CC2=CN3c4ccccc4CC3N2C=C1.C=C1Oc2ccccc2[C-]=C1c1[c-]cccc1.CC(=O)C=C(C)O.CC(C)c1cccc(C(C)C)c1-n1cc[n+]2c1-c1ccccc1C2.CC(C)n1nc2c3ccccc3c3cccc4c3c2[n+]1C4.CN1C=CN2c3c(ccc4c3oc3ccccc34)CC12.[Ir+3].[Ir].[c-]1ccccc1-c1cc(-c2ccccc2)c2cc(-c3ccccc3)ccc2n1.[c-]1ccccc1-c1ccccn1. The first kappa shape index (κ1) is 102. The van der Waals surface area contributed by atoms with Gasteiger partial charge in [0.1, 0.15) is 55.1 Å². The van der Waals surface area contributed by atoms with E-state index in [-0.39, 0.29) is 59.2 Å². The minimum absolute atomic E-state index is 0. The van der Waals surface area contributed by atoms with Crippen LogP contribution in [0.2, 0.25) is 0 Å². The Kier molecular flexibility index (Phi) is 31.1. The molecule has 8 aliphatic heterocycles. The summed E-state index contributed by atoms with van der Waals surface area (Å²) in [6.45, 7) is 22.2. The quantitative estimate of drug-likeness (QED) is 0.0462. The van der Waals surface area contributed by atoms with Gasteiger partial charge in [0.15, 0.2) is 11.4 Å². The molecule has 2 atom stereocenters. The minimum Gasteiger partial charge on any atom is -0.537 e. The van der Waals surface area contributed by atoms with Gasteiger partial charge < -0.3 is 38.8 Å². The Balaban J connectivity index is 0.000000113. The van der Waals surface area contributed by atoms with Crippen molar-refractivity contribution in [3.05, 3.63) is 506 Å². The molecule has 20 aromatic rings. The maximum atomic E-state index is 10.0. The molecular formula is C131H115Ir2N11O4+. The molecule has 13 heterocycles. The van der Waals surface area contributed by atoms with Crippen LogP contribution in [-0.2, 0) is 70.9 Å². The predicted molar refractivity (Wildman–Crippen MR) is 595 cm³/mol. The molecule has 17 heteroatoms. The Bertz CT molecular complexity index is 8390. The van der Waals surface area contributed by atoms with E-state index in [0.29, 0.717) is 36.0 Å². The van der Waals surface area contributed by atoms with Crippen molar-refractivity contribution in [1.82, 2.24) is 34.2 Å². The Morgan fingerprint density at radius 1 is 0.527 bits per heavy atom. The number of ketones is 1. The Morgan fingerprint density at radius 3 is 1.85 bits per heavy atom. The van der Waals surface area contributed by atoms with Gasteiger partial charge in [-0.25, -0.2) is 10.1 Å². The first-order chi connectivity index (χ1) is 70.9. The number of carbonyl (C=O) groups excluding carboxylic acids is 1. The van der Waals surface area contributed by atoms with Crippen LogP contribution in [0.1, 0.15) is 125 Å². The first-order valence-electron chi connectivity index (χ1n) is 49.7. The second kappa shape index (κ2) is 45.2. The molecule has 0 saturated heterocycles. The number of pyridine rings is 2. The average molecular weight is 2290 g/mol. The van der Waals surface area contributed by atoms with Crippen LogP contribution >= 0.6 is 0 Å². The van der Waals surface area contributed by atoms with E-state index in [2.05, 4.69) is 390 Å². The number of likely N-dealkylation sites (N-methyl/N-ethyl adjacent to an activating group) is 1. The number of benzene rings is 15. The molecule has 0 bridgehead atoms. The number of para-hydroxylation sites is 4. The standard InChI is InChI=1S/C27H18N.C22H25N2.C18H16N3.C17H14N2O.C16H10O.C14H12N2.C11H8N.C5H8O2.CH4.2Ir/c1-4-10-20(11-5-1)23-16-17-26-25(18-23)24(21-12-6-2-7-13-21)19-27(28-26)22-14-8-3-9-15-22;1-15(2)18-10-7-11-19(16(3)4)21(18)24-13-12-23-14-17-8-5-6-9-20(17)22(23)24;1-11(2)21-19-17-15-8-4-3-7-13(15)14-9-5-6-12-10-20(21)18(17)16(12)14;1-18-8-9-19-15(18)10-11-6-7-13-12-4-2-3-5-14(12)20-17(13)16(11)19;1-12-15(13-7-3-2-4-8-13)11-14-9-5-6-10-16(14)17-12;1-2-7-13-11(5-1)9-14-15-8-4-3-6-12(15)10-16(13)14;1-2-6-10(7-3-1)11-8-4-5-9-12-11;1-4(6)3-5(2)7;;;/h1-14,16-19H;5-13,15-16H,14H2,1-4H3;3-9,11H,10H2,1-2H3;2-9,15H,10H2,1H3;2-7,9-10H,1H2;1-8,10,14H,9H2;1-6,8-9H;3,6H,1-2H3;1H4;;/q-1;2*+1;;-2;;-1;;;;+3. The van der Waals surface area contributed by atoms with Gasteiger partial charge in [-0.3, -0.25) is 9.78 Å². The number of aromatic nitrogens is 7. The Hall–Kier alpha value is -16.3. The molecule has 1 N–H and O–H groups in total. The van der Waals surface area contributed by atoms with Crippen molar-refractivity contribution >= 4 is 88.2 Å². The molecule has 735 valence electrons. The molecular weight excluding hydrogens is 2180 g/mol. The maximum absolute atomic E-state index is 10.0. The fraction of sp³-hybridized carbons (Fsp3) is 0.145. The van der Waals surface area contributed by atoms with Gasteiger partial charge in [-0.15, -0.1) is 95.2 Å². The number of ether oxygens (including phenoxy) is 1. The normalized spacial score (nSPS) is 14.3. The number of rotatable bonds is 10. The summed E-state index contributed by atoms with van der Waals surface area (Å²) in [6, 6.07) is 129. The first-order valence-corrected chi connectivity index (χ1v) is 49.7. The number of hydrogen-bond donors (Lipinski definition) is 1. The summed E-state index contributed by atoms with van der Waals surface area (Å²) in [5.41, 5.74) is 32.0. The molecule has 15 nitrogen and oxygen atoms in total. The fourth-order valence-corrected chi connectivity index (χ4v) is 20.6. The van der Waals surface area contributed by atoms with Crippen molar-refractivity contribution in [2.24, 2.45) is 0 Å². The van der Waals surface area contributed by atoms with Gasteiger partial charge in [-0.2, -0.15) is 40.5 Å². The third-order valence-electron chi connectivity index (χ3n) is 27.4. The van der Waals surface area contributed by atoms with Gasteiger partial charge in [-0.1, -0.05) is 271 Å². The summed E-state index contributed by atoms with van der Waals surface area (Å²) in [5, 5.41) is 22.2. The zero-order valence-corrected chi connectivity index (χ0v) is 88.2. The van der Waals surface area contributed by atoms with E-state index in [4.69, 9.17) is 24.3 Å². The van der Waals surface area contributed by atoms with Crippen LogP contribution in [0.3, 0.4) is 0 Å². The molecule has 8 aliphatic rings. The number of anilines is 2. The minimum atomic E-state index is -0.125. The van der Waals surface area contributed by atoms with Gasteiger partial charge >= 0.3 is 20.1 Å². The number of hydrogen-bond acceptors (Lipinski definition) is 11. The van der Waals surface area contributed by atoms with Crippen LogP contribution in [0.5, 0.6) is 5.75 Å². The maximum Gasteiger partial charge on any atom is 3.00 e. The van der Waals surface area contributed by atoms with Crippen molar-refractivity contribution in [3.8, 4) is 67.6 Å². The largest absolute Gasteiger partial charge is 3.00 e. The smallest absolute Gasteiger partial charge is 0.537 e. The number of allylic oxidation sites excluding steroid dienone is 6. The van der Waals surface area contributed by atoms with Gasteiger partial charge in [0.25, 0.3) is 11.3 Å². The second-order valence-electron chi connectivity index (χ2n) is 38.0. The van der Waals surface area contributed by atoms with E-state index < -0.39 is 0 Å². The second-order valence-corrected chi connectivity index (χ2v) is 38.0. The number of nitrogens with zero attached hydrogens (tertiary/aromatic N) is 11. The monoisotopic (exact) mass is 2290 g/mol. The van der Waals surface area contributed by atoms with Crippen LogP contribution in [0.15, 0.2) is 442 Å². The summed E-state index contributed by atoms with van der Waals surface area (Å²) in [4.78, 5) is 30.6. The zero-order valence-electron chi connectivity index (χ0n) is 83.4. The zero-order chi connectivity index (χ0) is 99.3. The van der Waals surface area contributed by atoms with Crippen molar-refractivity contribution < 1.29 is 68.5 Å². The Morgan fingerprint density at radius 2 is 1.16 bits per heavy atom. The summed E-state index contributed by atoms with van der Waals surface area (Å²) >= 11 is 0. The summed E-state index contributed by atoms with van der Waals surface area (Å²) < 4.78 is 18.9. The van der Waals surface area contributed by atoms with E-state index in [0.717, 1.165) is 98.5 Å². The third kappa shape index (κ3) is 20.8. The number of furan rings is 1. The summed E-state index contributed by atoms with van der Waals surface area (Å²) in [6.07, 6.45) is 28.8. The third-order valence-corrected chi connectivity index (χ3v) is 27.4. The topological polar surface area (TPSA) is 129 Å². The number of fused-ring (bicyclic) bond motifs is 20. The molecule has 15 aromatic carbocycles. The number of aliphatic hydroxyl groups excluding tert-OH is 1. The molecule has 0 spiro atoms. The number of imidazole rings is 1. The molecule has 0 aliphatic carbocycles. The van der Waals surface area contributed by atoms with Crippen LogP contribution in [0, 0.1) is 24.3 Å². The molecule has 148 heavy (non-hydrogen) atoms. The molecule has 1 radical (unpaired) electrons. The van der Waals surface area contributed by atoms with Gasteiger partial charge in [0.2, 0.25) is 5.52 Å². The molecule has 0 saturated carbocycles. The van der Waals surface area contributed by atoms with E-state index >= 15 is 0 Å². The fourth-order valence-electron chi connectivity index (χ4n) is 20.6. The van der Waals surface area contributed by atoms with Crippen molar-refractivity contribution in [1.29, 1.82) is 0 Å². The van der Waals surface area contributed by atoms with Crippen LogP contribution in [0.4, 0.5) is 11.4 Å². The van der Waals surface area contributed by atoms with E-state index in [9.17, 15) is 4.79 Å². The predicted octanol–water partition coefficient (Wildman–Crippen LogP) is 29.8. The summed E-state index contributed by atoms with van der Waals surface area (Å²) in [5.74, 6) is 3.66. The molecule has 0 amide bonds. The van der Waals surface area contributed by atoms with Gasteiger partial charge in [0, 0.05) is 143 Å². The van der Waals surface area contributed by atoms with Crippen molar-refractivity contribution in [2.75, 3.05) is 16.8 Å². The van der Waals surface area contributed by atoms with E-state index in [1.54, 1.807) is 6.20 Å². The molecule has 0 fully saturated rings. The number of aliphatic hydroxyl groups is 1. The summed E-state index contributed by atoms with van der Waals surface area (Å²) in [7, 11) is 2.13. The van der Waals surface area contributed by atoms with Crippen LogP contribution in [-0.4, -0.2) is 64.5 Å². The van der Waals surface area contributed by atoms with Crippen molar-refractivity contribution in [2.45, 2.75) is 119 Å². The molecule has 28 rings (SSSR count). The number of carbonyl (C=O) groups is 1. The average Bonchev–Trinajstić information content (AvgIpc) is 1.54. The van der Waals surface area contributed by atoms with E-state index in [1.165, 1.54) is 148 Å². The van der Waals surface area contributed by atoms with Crippen LogP contribution in [0.25, 0.3) is 133 Å². The Labute approximate surface area is 893 Å². The van der Waals surface area contributed by atoms with Crippen LogP contribution < -0.4 is 23.8 Å². The molecule has 2 unspecified atom stereocenters. The van der Waals surface area contributed by atoms with Gasteiger partial charge in [-0.05, 0) is 154 Å². The van der Waals surface area contributed by atoms with E-state index in [1.807, 2.05) is 133 Å². The molecule has 5 aromatic heterocycles.